The van der Waals surface area contributed by atoms with E-state index in [1.807, 2.05) is 6.20 Å². The molecule has 1 aliphatic heterocycles. The largest absolute Gasteiger partial charge is 0.357 e. The van der Waals surface area contributed by atoms with Crippen molar-refractivity contribution >= 4 is 11.8 Å². The molecule has 0 atom stereocenters. The molecule has 146 valence electrons. The molecular weight excluding hydrogens is 324 g/mol. The van der Waals surface area contributed by atoms with Crippen molar-refractivity contribution < 1.29 is 0 Å². The molecule has 26 heavy (non-hydrogen) atoms. The fraction of sp³-hybridized carbons (Fsp3) is 0.700. The van der Waals surface area contributed by atoms with E-state index in [9.17, 15) is 0 Å². The van der Waals surface area contributed by atoms with Crippen molar-refractivity contribution in [2.24, 2.45) is 4.99 Å². The topological polar surface area (TPSA) is 47.0 Å². The first-order chi connectivity index (χ1) is 12.7. The van der Waals surface area contributed by atoms with Crippen molar-refractivity contribution in [2.75, 3.05) is 57.8 Å². The second-order valence-electron chi connectivity index (χ2n) is 6.89. The molecule has 0 saturated carbocycles. The molecule has 6 heteroatoms. The number of aromatic nitrogens is 1. The molecule has 1 saturated heterocycles. The van der Waals surface area contributed by atoms with Crippen LogP contribution in [-0.4, -0.2) is 73.6 Å². The Morgan fingerprint density at radius 1 is 1.23 bits per heavy atom. The Morgan fingerprint density at radius 3 is 2.65 bits per heavy atom. The van der Waals surface area contributed by atoms with Crippen LogP contribution < -0.4 is 10.2 Å². The van der Waals surface area contributed by atoms with E-state index in [1.165, 1.54) is 18.4 Å². The standard InChI is InChI=1S/C20H36N6/c1-5-8-11-24(4)20(21-6-2)23-17-18-9-10-22-19(16-18)26-14-12-25(7-3)13-15-26/h9-10,16H,5-8,11-15,17H2,1-4H3,(H,21,23). The number of anilines is 1. The van der Waals surface area contributed by atoms with Crippen molar-refractivity contribution in [1.29, 1.82) is 0 Å². The third-order valence-electron chi connectivity index (χ3n) is 4.91. The van der Waals surface area contributed by atoms with E-state index >= 15 is 0 Å². The third kappa shape index (κ3) is 6.16. The molecule has 0 spiro atoms. The van der Waals surface area contributed by atoms with Gasteiger partial charge in [0.25, 0.3) is 0 Å². The van der Waals surface area contributed by atoms with Gasteiger partial charge in [-0.1, -0.05) is 20.3 Å². The predicted octanol–water partition coefficient (Wildman–Crippen LogP) is 2.42. The quantitative estimate of drug-likeness (QED) is 0.570. The van der Waals surface area contributed by atoms with E-state index in [4.69, 9.17) is 4.99 Å². The van der Waals surface area contributed by atoms with Crippen molar-refractivity contribution in [3.05, 3.63) is 23.9 Å². The van der Waals surface area contributed by atoms with Gasteiger partial charge >= 0.3 is 0 Å². The zero-order valence-electron chi connectivity index (χ0n) is 17.0. The van der Waals surface area contributed by atoms with Gasteiger partial charge in [0.1, 0.15) is 5.82 Å². The van der Waals surface area contributed by atoms with Gasteiger partial charge in [0, 0.05) is 52.5 Å². The Hall–Kier alpha value is -1.82. The van der Waals surface area contributed by atoms with Crippen LogP contribution in [0.2, 0.25) is 0 Å². The lowest BCUT2D eigenvalue weighted by molar-refractivity contribution is 0.270. The lowest BCUT2D eigenvalue weighted by Crippen LogP contribution is -2.46. The highest BCUT2D eigenvalue weighted by atomic mass is 15.3. The van der Waals surface area contributed by atoms with E-state index in [-0.39, 0.29) is 0 Å². The zero-order chi connectivity index (χ0) is 18.8. The van der Waals surface area contributed by atoms with E-state index in [1.54, 1.807) is 0 Å². The van der Waals surface area contributed by atoms with Crippen LogP contribution in [0.3, 0.4) is 0 Å². The first kappa shape index (κ1) is 20.5. The van der Waals surface area contributed by atoms with Crippen molar-refractivity contribution in [2.45, 2.75) is 40.2 Å². The number of piperazine rings is 1. The number of guanidine groups is 1. The fourth-order valence-corrected chi connectivity index (χ4v) is 3.16. The Labute approximate surface area is 159 Å². The summed E-state index contributed by atoms with van der Waals surface area (Å²) >= 11 is 0. The second-order valence-corrected chi connectivity index (χ2v) is 6.89. The maximum absolute atomic E-state index is 4.83. The van der Waals surface area contributed by atoms with Gasteiger partial charge in [0.2, 0.25) is 0 Å². The number of nitrogens with one attached hydrogen (secondary N) is 1. The number of unbranched alkanes of at least 4 members (excludes halogenated alkanes) is 1. The van der Waals surface area contributed by atoms with Crippen LogP contribution in [0.15, 0.2) is 23.3 Å². The number of hydrogen-bond acceptors (Lipinski definition) is 4. The Morgan fingerprint density at radius 2 is 2.00 bits per heavy atom. The first-order valence-corrected chi connectivity index (χ1v) is 10.1. The Balaban J connectivity index is 2.00. The summed E-state index contributed by atoms with van der Waals surface area (Å²) in [7, 11) is 2.11. The number of aliphatic imine (C=N–C) groups is 1. The van der Waals surface area contributed by atoms with Crippen molar-refractivity contribution in [1.82, 2.24) is 20.1 Å². The minimum Gasteiger partial charge on any atom is -0.357 e. The molecule has 0 amide bonds. The van der Waals surface area contributed by atoms with Crippen LogP contribution >= 0.6 is 0 Å². The number of pyridine rings is 1. The minimum absolute atomic E-state index is 0.684. The van der Waals surface area contributed by atoms with Gasteiger partial charge in [-0.25, -0.2) is 9.98 Å². The molecule has 1 aliphatic rings. The average molecular weight is 361 g/mol. The van der Waals surface area contributed by atoms with Crippen LogP contribution in [0.25, 0.3) is 0 Å². The molecule has 0 bridgehead atoms. The fourth-order valence-electron chi connectivity index (χ4n) is 3.16. The van der Waals surface area contributed by atoms with Crippen molar-refractivity contribution in [3.8, 4) is 0 Å². The lowest BCUT2D eigenvalue weighted by Gasteiger charge is -2.34. The third-order valence-corrected chi connectivity index (χ3v) is 4.91. The molecule has 6 nitrogen and oxygen atoms in total. The molecule has 0 aromatic carbocycles. The molecule has 0 unspecified atom stereocenters. The smallest absolute Gasteiger partial charge is 0.193 e. The van der Waals surface area contributed by atoms with Gasteiger partial charge < -0.3 is 20.0 Å². The molecule has 0 radical (unpaired) electrons. The van der Waals surface area contributed by atoms with E-state index < -0.39 is 0 Å². The van der Waals surface area contributed by atoms with E-state index in [0.29, 0.717) is 6.54 Å². The summed E-state index contributed by atoms with van der Waals surface area (Å²) in [6.07, 6.45) is 4.30. The maximum Gasteiger partial charge on any atom is 0.193 e. The minimum atomic E-state index is 0.684. The summed E-state index contributed by atoms with van der Waals surface area (Å²) in [6.45, 7) is 14.6. The van der Waals surface area contributed by atoms with Crippen LogP contribution in [0.4, 0.5) is 5.82 Å². The Bertz CT molecular complexity index is 551. The Kier molecular flexibility index (Phi) is 8.68. The van der Waals surface area contributed by atoms with Gasteiger partial charge in [0.15, 0.2) is 5.96 Å². The SMILES string of the molecule is CCCCN(C)C(=NCc1ccnc(N2CCN(CC)CC2)c1)NCC. The highest BCUT2D eigenvalue weighted by Crippen LogP contribution is 2.15. The maximum atomic E-state index is 4.83. The zero-order valence-corrected chi connectivity index (χ0v) is 17.0. The van der Waals surface area contributed by atoms with Crippen LogP contribution in [0, 0.1) is 0 Å². The molecule has 1 N–H and O–H groups in total. The molecule has 2 rings (SSSR count). The summed E-state index contributed by atoms with van der Waals surface area (Å²) in [4.78, 5) is 16.5. The van der Waals surface area contributed by atoms with Gasteiger partial charge in [0.05, 0.1) is 6.54 Å². The van der Waals surface area contributed by atoms with E-state index in [0.717, 1.165) is 57.6 Å². The lowest BCUT2D eigenvalue weighted by atomic mass is 10.2. The highest BCUT2D eigenvalue weighted by Gasteiger charge is 2.16. The molecule has 1 aromatic heterocycles. The number of likely N-dealkylation sites (N-methyl/N-ethyl adjacent to an activating group) is 1. The molecule has 1 aromatic rings. The summed E-state index contributed by atoms with van der Waals surface area (Å²) in [5.74, 6) is 2.06. The van der Waals surface area contributed by atoms with E-state index in [2.05, 4.69) is 65.0 Å². The molecule has 2 heterocycles. The summed E-state index contributed by atoms with van der Waals surface area (Å²) in [5.41, 5.74) is 1.22. The first-order valence-electron chi connectivity index (χ1n) is 10.1. The van der Waals surface area contributed by atoms with Gasteiger partial charge in [-0.15, -0.1) is 0 Å². The van der Waals surface area contributed by atoms with Gasteiger partial charge in [-0.05, 0) is 37.6 Å². The molecular formula is C20H36N6. The van der Waals surface area contributed by atoms with Gasteiger partial charge in [-0.2, -0.15) is 0 Å². The second kappa shape index (κ2) is 11.0. The summed E-state index contributed by atoms with van der Waals surface area (Å²) in [5, 5.41) is 3.40. The van der Waals surface area contributed by atoms with Gasteiger partial charge in [-0.3, -0.25) is 0 Å². The summed E-state index contributed by atoms with van der Waals surface area (Å²) in [6, 6.07) is 4.27. The normalized spacial score (nSPS) is 16.0. The highest BCUT2D eigenvalue weighted by molar-refractivity contribution is 5.79. The van der Waals surface area contributed by atoms with Crippen LogP contribution in [0.1, 0.15) is 39.2 Å². The predicted molar refractivity (Wildman–Crippen MR) is 111 cm³/mol. The number of rotatable bonds is 8. The molecule has 1 fully saturated rings. The monoisotopic (exact) mass is 360 g/mol. The van der Waals surface area contributed by atoms with Crippen molar-refractivity contribution in [3.63, 3.8) is 0 Å². The molecule has 0 aliphatic carbocycles. The summed E-state index contributed by atoms with van der Waals surface area (Å²) < 4.78 is 0. The number of nitrogens with zero attached hydrogens (tertiary/aromatic N) is 5. The van der Waals surface area contributed by atoms with Crippen LogP contribution in [0.5, 0.6) is 0 Å². The number of hydrogen-bond donors (Lipinski definition) is 1. The average Bonchev–Trinajstić information content (AvgIpc) is 2.69. The van der Waals surface area contributed by atoms with Crippen LogP contribution in [-0.2, 0) is 6.54 Å².